The predicted octanol–water partition coefficient (Wildman–Crippen LogP) is 2.30. The minimum Gasteiger partial charge on any atom is -0.338 e. The Kier molecular flexibility index (Phi) is 2.63. The zero-order chi connectivity index (χ0) is 10.7. The van der Waals surface area contributed by atoms with Gasteiger partial charge < -0.3 is 4.57 Å². The molecule has 0 amide bonds. The van der Waals surface area contributed by atoms with E-state index in [1.165, 1.54) is 0 Å². The molecule has 2 rings (SSSR count). The van der Waals surface area contributed by atoms with Crippen LogP contribution >= 0.6 is 0 Å². The number of nitrogens with zero attached hydrogens (tertiary/aromatic N) is 2. The molecule has 0 radical (unpaired) electrons. The zero-order valence-electron chi connectivity index (χ0n) is 8.50. The van der Waals surface area contributed by atoms with E-state index in [4.69, 9.17) is 0 Å². The molecule has 1 unspecified atom stereocenters. The monoisotopic (exact) mass is 200 g/mol. The molecule has 0 aliphatic carbocycles. The third kappa shape index (κ3) is 1.81. The van der Waals surface area contributed by atoms with Crippen LogP contribution in [-0.4, -0.2) is 15.8 Å². The Hall–Kier alpha value is -1.90. The summed E-state index contributed by atoms with van der Waals surface area (Å²) in [5.41, 5.74) is 1.84. The summed E-state index contributed by atoms with van der Waals surface area (Å²) in [6, 6.07) is 7.76. The lowest BCUT2D eigenvalue weighted by Crippen LogP contribution is -2.08. The molecule has 1 atom stereocenters. The highest BCUT2D eigenvalue weighted by Crippen LogP contribution is 2.18. The van der Waals surface area contributed by atoms with Crippen LogP contribution in [-0.2, 0) is 0 Å². The second-order valence-electron chi connectivity index (χ2n) is 3.41. The van der Waals surface area contributed by atoms with E-state index >= 15 is 0 Å². The molecular formula is C12H12N2O. The SMILES string of the molecule is CC(c1ccncc1)n1cccc1C=O. The van der Waals surface area contributed by atoms with Crippen molar-refractivity contribution in [1.29, 1.82) is 0 Å². The van der Waals surface area contributed by atoms with Crippen LogP contribution in [0.15, 0.2) is 42.9 Å². The molecule has 3 nitrogen and oxygen atoms in total. The van der Waals surface area contributed by atoms with Gasteiger partial charge in [-0.3, -0.25) is 9.78 Å². The maximum atomic E-state index is 10.8. The number of carbonyl (C=O) groups excluding carboxylic acids is 1. The Bertz CT molecular complexity index is 448. The van der Waals surface area contributed by atoms with Gasteiger partial charge in [0.1, 0.15) is 0 Å². The first-order valence-corrected chi connectivity index (χ1v) is 4.85. The van der Waals surface area contributed by atoms with Gasteiger partial charge in [0.2, 0.25) is 0 Å². The number of carbonyl (C=O) groups is 1. The maximum Gasteiger partial charge on any atom is 0.166 e. The van der Waals surface area contributed by atoms with Crippen LogP contribution in [0.3, 0.4) is 0 Å². The molecular weight excluding hydrogens is 188 g/mol. The maximum absolute atomic E-state index is 10.8. The number of rotatable bonds is 3. The topological polar surface area (TPSA) is 34.9 Å². The molecule has 15 heavy (non-hydrogen) atoms. The lowest BCUT2D eigenvalue weighted by Gasteiger charge is -2.15. The molecule has 0 aliphatic rings. The second kappa shape index (κ2) is 4.09. The fourth-order valence-corrected chi connectivity index (χ4v) is 1.66. The van der Waals surface area contributed by atoms with Crippen LogP contribution in [0.1, 0.15) is 29.0 Å². The smallest absolute Gasteiger partial charge is 0.166 e. The Morgan fingerprint density at radius 3 is 2.73 bits per heavy atom. The first-order valence-electron chi connectivity index (χ1n) is 4.85. The highest BCUT2D eigenvalue weighted by Gasteiger charge is 2.09. The quantitative estimate of drug-likeness (QED) is 0.712. The highest BCUT2D eigenvalue weighted by atomic mass is 16.1. The summed E-state index contributed by atoms with van der Waals surface area (Å²) < 4.78 is 1.95. The Labute approximate surface area is 88.4 Å². The summed E-state index contributed by atoms with van der Waals surface area (Å²) in [7, 11) is 0. The molecule has 3 heteroatoms. The first-order chi connectivity index (χ1) is 7.33. The Balaban J connectivity index is 2.36. The molecule has 76 valence electrons. The molecule has 0 saturated carbocycles. The zero-order valence-corrected chi connectivity index (χ0v) is 8.50. The number of aromatic nitrogens is 2. The van der Waals surface area contributed by atoms with E-state index in [1.807, 2.05) is 35.0 Å². The van der Waals surface area contributed by atoms with E-state index < -0.39 is 0 Å². The summed E-state index contributed by atoms with van der Waals surface area (Å²) in [6.07, 6.45) is 6.30. The van der Waals surface area contributed by atoms with E-state index in [9.17, 15) is 4.79 Å². The first kappa shape index (κ1) is 9.65. The molecule has 2 aromatic rings. The molecule has 0 fully saturated rings. The summed E-state index contributed by atoms with van der Waals surface area (Å²) >= 11 is 0. The van der Waals surface area contributed by atoms with Gasteiger partial charge in [-0.2, -0.15) is 0 Å². The fraction of sp³-hybridized carbons (Fsp3) is 0.167. The third-order valence-electron chi connectivity index (χ3n) is 2.54. The lowest BCUT2D eigenvalue weighted by atomic mass is 10.1. The van der Waals surface area contributed by atoms with E-state index in [0.29, 0.717) is 5.69 Å². The molecule has 0 spiro atoms. The molecule has 0 saturated heterocycles. The van der Waals surface area contributed by atoms with Gasteiger partial charge in [0.05, 0.1) is 11.7 Å². The van der Waals surface area contributed by atoms with Gasteiger partial charge in [-0.15, -0.1) is 0 Å². The third-order valence-corrected chi connectivity index (χ3v) is 2.54. The van der Waals surface area contributed by atoms with Crippen molar-refractivity contribution in [2.45, 2.75) is 13.0 Å². The lowest BCUT2D eigenvalue weighted by molar-refractivity contribution is 0.111. The number of aldehydes is 1. The van der Waals surface area contributed by atoms with Crippen LogP contribution in [0.5, 0.6) is 0 Å². The van der Waals surface area contributed by atoms with Gasteiger partial charge in [-0.05, 0) is 36.8 Å². The molecule has 2 aromatic heterocycles. The summed E-state index contributed by atoms with van der Waals surface area (Å²) in [5.74, 6) is 0. The van der Waals surface area contributed by atoms with Crippen molar-refractivity contribution in [2.24, 2.45) is 0 Å². The highest BCUT2D eigenvalue weighted by molar-refractivity contribution is 5.72. The van der Waals surface area contributed by atoms with Crippen LogP contribution in [0.4, 0.5) is 0 Å². The number of hydrogen-bond acceptors (Lipinski definition) is 2. The van der Waals surface area contributed by atoms with Gasteiger partial charge >= 0.3 is 0 Å². The van der Waals surface area contributed by atoms with Gasteiger partial charge in [0.15, 0.2) is 6.29 Å². The van der Waals surface area contributed by atoms with Gasteiger partial charge in [0, 0.05) is 18.6 Å². The summed E-state index contributed by atoms with van der Waals surface area (Å²) in [5, 5.41) is 0. The van der Waals surface area contributed by atoms with Gasteiger partial charge in [-0.25, -0.2) is 0 Å². The van der Waals surface area contributed by atoms with Gasteiger partial charge in [-0.1, -0.05) is 0 Å². The Morgan fingerprint density at radius 1 is 1.33 bits per heavy atom. The van der Waals surface area contributed by atoms with Crippen molar-refractivity contribution in [1.82, 2.24) is 9.55 Å². The summed E-state index contributed by atoms with van der Waals surface area (Å²) in [4.78, 5) is 14.8. The number of pyridine rings is 1. The van der Waals surface area contributed by atoms with Crippen molar-refractivity contribution in [3.05, 3.63) is 54.1 Å². The van der Waals surface area contributed by atoms with Crippen LogP contribution in [0, 0.1) is 0 Å². The van der Waals surface area contributed by atoms with E-state index in [0.717, 1.165) is 11.8 Å². The normalized spacial score (nSPS) is 12.3. The fourth-order valence-electron chi connectivity index (χ4n) is 1.66. The van der Waals surface area contributed by atoms with Crippen molar-refractivity contribution in [2.75, 3.05) is 0 Å². The van der Waals surface area contributed by atoms with Crippen molar-refractivity contribution >= 4 is 6.29 Å². The molecule has 2 heterocycles. The minimum atomic E-state index is 0.156. The average Bonchev–Trinajstić information content (AvgIpc) is 2.77. The van der Waals surface area contributed by atoms with E-state index in [2.05, 4.69) is 11.9 Å². The van der Waals surface area contributed by atoms with Gasteiger partial charge in [0.25, 0.3) is 0 Å². The van der Waals surface area contributed by atoms with E-state index in [-0.39, 0.29) is 6.04 Å². The standard InChI is InChI=1S/C12H12N2O/c1-10(11-4-6-13-7-5-11)14-8-2-3-12(14)9-15/h2-10H,1H3. The van der Waals surface area contributed by atoms with Crippen LogP contribution < -0.4 is 0 Å². The van der Waals surface area contributed by atoms with Crippen molar-refractivity contribution in [3.63, 3.8) is 0 Å². The van der Waals surface area contributed by atoms with Crippen molar-refractivity contribution in [3.8, 4) is 0 Å². The molecule has 0 bridgehead atoms. The van der Waals surface area contributed by atoms with E-state index in [1.54, 1.807) is 12.4 Å². The molecule has 0 N–H and O–H groups in total. The van der Waals surface area contributed by atoms with Crippen LogP contribution in [0.25, 0.3) is 0 Å². The second-order valence-corrected chi connectivity index (χ2v) is 3.41. The predicted molar refractivity (Wildman–Crippen MR) is 57.9 cm³/mol. The molecule has 0 aromatic carbocycles. The minimum absolute atomic E-state index is 0.156. The van der Waals surface area contributed by atoms with Crippen LogP contribution in [0.2, 0.25) is 0 Å². The Morgan fingerprint density at radius 2 is 2.07 bits per heavy atom. The number of hydrogen-bond donors (Lipinski definition) is 0. The summed E-state index contributed by atoms with van der Waals surface area (Å²) in [6.45, 7) is 2.06. The largest absolute Gasteiger partial charge is 0.338 e. The molecule has 0 aliphatic heterocycles. The van der Waals surface area contributed by atoms with Crippen molar-refractivity contribution < 1.29 is 4.79 Å². The average molecular weight is 200 g/mol.